The van der Waals surface area contributed by atoms with Crippen LogP contribution < -0.4 is 9.47 Å². The molecule has 1 aliphatic rings. The molecule has 0 N–H and O–H groups in total. The van der Waals surface area contributed by atoms with Crippen molar-refractivity contribution in [2.45, 2.75) is 26.2 Å². The van der Waals surface area contributed by atoms with Gasteiger partial charge < -0.3 is 13.9 Å². The Hall–Kier alpha value is -1.42. The molecule has 19 heavy (non-hydrogen) atoms. The summed E-state index contributed by atoms with van der Waals surface area (Å²) in [5, 5.41) is 1.01. The average Bonchev–Trinajstić information content (AvgIpc) is 2.73. The largest absolute Gasteiger partial charge is 0.458 e. The maximum Gasteiger partial charge on any atom is 0.211 e. The number of fused-ring (bicyclic) bond motifs is 2. The number of para-hydroxylation sites is 2. The first kappa shape index (κ1) is 12.6. The van der Waals surface area contributed by atoms with E-state index in [0.717, 1.165) is 53.4 Å². The van der Waals surface area contributed by atoms with Crippen LogP contribution in [0, 0.1) is 6.92 Å². The number of ether oxygens (including phenoxy) is 2. The molecule has 0 amide bonds. The first-order valence-electron chi connectivity index (χ1n) is 6.42. The quantitative estimate of drug-likeness (QED) is 0.488. The Morgan fingerprint density at radius 1 is 1.00 bits per heavy atom. The number of benzene rings is 1. The molecule has 0 unspecified atom stereocenters. The maximum atomic E-state index is 5.93. The van der Waals surface area contributed by atoms with E-state index in [0.29, 0.717) is 5.75 Å². The topological polar surface area (TPSA) is 31.6 Å². The molecule has 1 aromatic heterocycles. The molecular weight excluding hydrogens is 308 g/mol. The molecule has 0 fully saturated rings. The number of hydrogen-bond donors (Lipinski definition) is 0. The Labute approximate surface area is 120 Å². The lowest BCUT2D eigenvalue weighted by Crippen LogP contribution is -1.98. The third kappa shape index (κ3) is 2.37. The smallest absolute Gasteiger partial charge is 0.211 e. The first-order chi connectivity index (χ1) is 9.29. The van der Waals surface area contributed by atoms with Crippen molar-refractivity contribution in [3.05, 3.63) is 35.8 Å². The van der Waals surface area contributed by atoms with Crippen LogP contribution >= 0.6 is 15.9 Å². The zero-order chi connectivity index (χ0) is 13.2. The zero-order valence-corrected chi connectivity index (χ0v) is 12.3. The van der Waals surface area contributed by atoms with Gasteiger partial charge in [-0.25, -0.2) is 0 Å². The number of hydrogen-bond acceptors (Lipinski definition) is 3. The monoisotopic (exact) mass is 322 g/mol. The fourth-order valence-corrected chi connectivity index (χ4v) is 2.57. The molecule has 3 nitrogen and oxygen atoms in total. The predicted octanol–water partition coefficient (Wildman–Crippen LogP) is 5.20. The second-order valence-corrected chi connectivity index (χ2v) is 5.33. The Morgan fingerprint density at radius 3 is 2.37 bits per heavy atom. The summed E-state index contributed by atoms with van der Waals surface area (Å²) in [4.78, 5) is 0. The van der Waals surface area contributed by atoms with Gasteiger partial charge in [-0.3, -0.25) is 0 Å². The van der Waals surface area contributed by atoms with Gasteiger partial charge in [-0.1, -0.05) is 28.1 Å². The SMILES string of the molecule is Cc1oc(CCCCBr)c2c1Oc1ccccc1O2. The van der Waals surface area contributed by atoms with Crippen molar-refractivity contribution < 1.29 is 13.9 Å². The van der Waals surface area contributed by atoms with Gasteiger partial charge >= 0.3 is 0 Å². The van der Waals surface area contributed by atoms with Crippen molar-refractivity contribution in [1.82, 2.24) is 0 Å². The molecule has 2 heterocycles. The molecular formula is C15H15BrO3. The number of alkyl halides is 1. The summed E-state index contributed by atoms with van der Waals surface area (Å²) in [7, 11) is 0. The molecule has 100 valence electrons. The standard InChI is InChI=1S/C15H15BrO3/c1-10-14-15(13(17-10)8-4-5-9-16)19-12-7-3-2-6-11(12)18-14/h2-3,6-7H,4-5,8-9H2,1H3. The van der Waals surface area contributed by atoms with Gasteiger partial charge in [-0.05, 0) is 31.9 Å². The number of unbranched alkanes of at least 4 members (excludes halogenated alkanes) is 1. The van der Waals surface area contributed by atoms with E-state index < -0.39 is 0 Å². The average molecular weight is 323 g/mol. The van der Waals surface area contributed by atoms with Gasteiger partial charge in [0, 0.05) is 11.8 Å². The lowest BCUT2D eigenvalue weighted by atomic mass is 10.2. The Morgan fingerprint density at radius 2 is 1.68 bits per heavy atom. The molecule has 1 aliphatic heterocycles. The highest BCUT2D eigenvalue weighted by Gasteiger charge is 2.27. The highest BCUT2D eigenvalue weighted by atomic mass is 79.9. The molecule has 0 radical (unpaired) electrons. The third-order valence-corrected chi connectivity index (χ3v) is 3.68. The van der Waals surface area contributed by atoms with Crippen LogP contribution in [-0.4, -0.2) is 5.33 Å². The van der Waals surface area contributed by atoms with E-state index in [9.17, 15) is 0 Å². The van der Waals surface area contributed by atoms with Crippen LogP contribution in [0.2, 0.25) is 0 Å². The maximum absolute atomic E-state index is 5.93. The van der Waals surface area contributed by atoms with E-state index in [4.69, 9.17) is 13.9 Å². The molecule has 0 bridgehead atoms. The van der Waals surface area contributed by atoms with Crippen molar-refractivity contribution in [3.63, 3.8) is 0 Å². The highest BCUT2D eigenvalue weighted by Crippen LogP contribution is 2.50. The number of rotatable bonds is 4. The van der Waals surface area contributed by atoms with E-state index in [1.807, 2.05) is 31.2 Å². The molecule has 0 aliphatic carbocycles. The Bertz CT molecular complexity index is 589. The molecule has 0 atom stereocenters. The number of aryl methyl sites for hydroxylation is 2. The van der Waals surface area contributed by atoms with Gasteiger partial charge in [-0.2, -0.15) is 0 Å². The van der Waals surface area contributed by atoms with Crippen LogP contribution in [0.25, 0.3) is 0 Å². The van der Waals surface area contributed by atoms with Gasteiger partial charge in [0.15, 0.2) is 17.3 Å². The zero-order valence-electron chi connectivity index (χ0n) is 10.7. The lowest BCUT2D eigenvalue weighted by Gasteiger charge is -2.17. The van der Waals surface area contributed by atoms with Crippen LogP contribution in [0.15, 0.2) is 28.7 Å². The minimum atomic E-state index is 0.715. The van der Waals surface area contributed by atoms with E-state index in [-0.39, 0.29) is 0 Å². The van der Waals surface area contributed by atoms with Crippen molar-refractivity contribution in [2.24, 2.45) is 0 Å². The van der Waals surface area contributed by atoms with E-state index in [1.165, 1.54) is 0 Å². The van der Waals surface area contributed by atoms with Gasteiger partial charge in [0.05, 0.1) is 0 Å². The molecule has 0 saturated heterocycles. The first-order valence-corrected chi connectivity index (χ1v) is 7.54. The summed E-state index contributed by atoms with van der Waals surface area (Å²) in [5.74, 6) is 4.60. The molecule has 1 aromatic carbocycles. The second-order valence-electron chi connectivity index (χ2n) is 4.54. The molecule has 0 saturated carbocycles. The fourth-order valence-electron chi connectivity index (χ4n) is 2.17. The van der Waals surface area contributed by atoms with Crippen LogP contribution in [0.5, 0.6) is 23.0 Å². The summed E-state index contributed by atoms with van der Waals surface area (Å²) < 4.78 is 17.6. The van der Waals surface area contributed by atoms with E-state index >= 15 is 0 Å². The molecule has 0 spiro atoms. The fraction of sp³-hybridized carbons (Fsp3) is 0.333. The van der Waals surface area contributed by atoms with E-state index in [2.05, 4.69) is 15.9 Å². The highest BCUT2D eigenvalue weighted by molar-refractivity contribution is 9.09. The van der Waals surface area contributed by atoms with E-state index in [1.54, 1.807) is 0 Å². The van der Waals surface area contributed by atoms with Crippen molar-refractivity contribution in [1.29, 1.82) is 0 Å². The van der Waals surface area contributed by atoms with Gasteiger partial charge in [0.1, 0.15) is 5.76 Å². The van der Waals surface area contributed by atoms with Gasteiger partial charge in [-0.15, -0.1) is 0 Å². The van der Waals surface area contributed by atoms with Crippen molar-refractivity contribution in [3.8, 4) is 23.0 Å². The summed E-state index contributed by atoms with van der Waals surface area (Å²) in [6, 6.07) is 7.67. The Balaban J connectivity index is 1.89. The summed E-state index contributed by atoms with van der Waals surface area (Å²) in [6.07, 6.45) is 3.05. The number of halogens is 1. The normalized spacial score (nSPS) is 12.3. The summed E-state index contributed by atoms with van der Waals surface area (Å²) in [5.41, 5.74) is 0. The second kappa shape index (κ2) is 5.29. The van der Waals surface area contributed by atoms with Gasteiger partial charge in [0.25, 0.3) is 0 Å². The minimum Gasteiger partial charge on any atom is -0.458 e. The molecule has 3 rings (SSSR count). The Kier molecular flexibility index (Phi) is 3.51. The van der Waals surface area contributed by atoms with Crippen LogP contribution in [0.4, 0.5) is 0 Å². The predicted molar refractivity (Wildman–Crippen MR) is 76.8 cm³/mol. The molecule has 4 heteroatoms. The van der Waals surface area contributed by atoms with Crippen LogP contribution in [-0.2, 0) is 6.42 Å². The third-order valence-electron chi connectivity index (χ3n) is 3.12. The van der Waals surface area contributed by atoms with Crippen LogP contribution in [0.1, 0.15) is 24.4 Å². The summed E-state index contributed by atoms with van der Waals surface area (Å²) in [6.45, 7) is 1.91. The number of furan rings is 1. The van der Waals surface area contributed by atoms with Crippen LogP contribution in [0.3, 0.4) is 0 Å². The minimum absolute atomic E-state index is 0.715. The summed E-state index contributed by atoms with van der Waals surface area (Å²) >= 11 is 3.44. The van der Waals surface area contributed by atoms with Crippen molar-refractivity contribution in [2.75, 3.05) is 5.33 Å². The molecule has 2 aromatic rings. The lowest BCUT2D eigenvalue weighted by molar-refractivity contribution is 0.358. The van der Waals surface area contributed by atoms with Gasteiger partial charge in [0.2, 0.25) is 11.5 Å². The van der Waals surface area contributed by atoms with Crippen molar-refractivity contribution >= 4 is 15.9 Å².